The number of aromatic nitrogens is 1. The van der Waals surface area contributed by atoms with Crippen molar-refractivity contribution in [2.75, 3.05) is 23.5 Å². The molecule has 0 atom stereocenters. The molecule has 4 aromatic rings. The smallest absolute Gasteiger partial charge is 0.248 e. The van der Waals surface area contributed by atoms with Gasteiger partial charge in [0.2, 0.25) is 5.91 Å². The quantitative estimate of drug-likeness (QED) is 0.279. The van der Waals surface area contributed by atoms with Gasteiger partial charge in [0.25, 0.3) is 0 Å². The molecule has 0 bridgehead atoms. The Labute approximate surface area is 184 Å². The highest BCUT2D eigenvalue weighted by Gasteiger charge is 2.05. The average molecular weight is 431 g/mol. The van der Waals surface area contributed by atoms with Gasteiger partial charge in [-0.1, -0.05) is 47.7 Å². The summed E-state index contributed by atoms with van der Waals surface area (Å²) in [5.74, 6) is 0.574. The van der Waals surface area contributed by atoms with Gasteiger partial charge in [-0.15, -0.1) is 0 Å². The fourth-order valence-corrected chi connectivity index (χ4v) is 3.83. The highest BCUT2D eigenvalue weighted by molar-refractivity contribution is 7.22. The zero-order valence-corrected chi connectivity index (χ0v) is 17.8. The van der Waals surface area contributed by atoms with Gasteiger partial charge in [0.1, 0.15) is 5.75 Å². The van der Waals surface area contributed by atoms with Crippen LogP contribution in [-0.2, 0) is 11.3 Å². The molecule has 1 aromatic heterocycles. The Morgan fingerprint density at radius 3 is 2.71 bits per heavy atom. The minimum absolute atomic E-state index is 0.226. The normalized spacial score (nSPS) is 11.0. The van der Waals surface area contributed by atoms with E-state index in [-0.39, 0.29) is 5.91 Å². The molecule has 0 spiro atoms. The summed E-state index contributed by atoms with van der Waals surface area (Å²) in [5, 5.41) is 7.00. The molecule has 31 heavy (non-hydrogen) atoms. The highest BCUT2D eigenvalue weighted by atomic mass is 32.1. The molecular formula is C24H22N4O2S. The number of benzene rings is 3. The monoisotopic (exact) mass is 430 g/mol. The van der Waals surface area contributed by atoms with Crippen molar-refractivity contribution in [3.8, 4) is 5.75 Å². The van der Waals surface area contributed by atoms with Gasteiger partial charge in [-0.25, -0.2) is 4.98 Å². The number of carbonyl (C=O) groups is 1. The summed E-state index contributed by atoms with van der Waals surface area (Å²) in [7, 11) is 1.65. The van der Waals surface area contributed by atoms with Crippen LogP contribution in [0, 0.1) is 0 Å². The van der Waals surface area contributed by atoms with E-state index in [0.29, 0.717) is 17.9 Å². The number of hydrogen-bond donors (Lipinski definition) is 3. The Morgan fingerprint density at radius 1 is 1.13 bits per heavy atom. The summed E-state index contributed by atoms with van der Waals surface area (Å²) in [5.41, 5.74) is 9.96. The summed E-state index contributed by atoms with van der Waals surface area (Å²) < 4.78 is 6.36. The third-order valence-electron chi connectivity index (χ3n) is 4.66. The first-order valence-electron chi connectivity index (χ1n) is 9.72. The SMILES string of the molecule is COc1ccc2sc(NCc3ccc(/C=C\C(=O)Nc4ccccc4N)cc3)nc2c1. The number of para-hydroxylation sites is 2. The largest absolute Gasteiger partial charge is 0.497 e. The molecule has 0 radical (unpaired) electrons. The molecule has 1 amide bonds. The molecule has 3 aromatic carbocycles. The second-order valence-corrected chi connectivity index (χ2v) is 7.89. The number of fused-ring (bicyclic) bond motifs is 1. The van der Waals surface area contributed by atoms with E-state index in [9.17, 15) is 4.79 Å². The first kappa shape index (κ1) is 20.4. The fourth-order valence-electron chi connectivity index (χ4n) is 2.99. The lowest BCUT2D eigenvalue weighted by Gasteiger charge is -2.05. The van der Waals surface area contributed by atoms with E-state index in [1.54, 1.807) is 36.7 Å². The first-order valence-corrected chi connectivity index (χ1v) is 10.5. The third-order valence-corrected chi connectivity index (χ3v) is 5.66. The Kier molecular flexibility index (Phi) is 6.14. The number of methoxy groups -OCH3 is 1. The number of ether oxygens (including phenoxy) is 1. The first-order chi connectivity index (χ1) is 15.1. The lowest BCUT2D eigenvalue weighted by molar-refractivity contribution is -0.111. The summed E-state index contributed by atoms with van der Waals surface area (Å²) >= 11 is 1.61. The lowest BCUT2D eigenvalue weighted by atomic mass is 10.1. The minimum Gasteiger partial charge on any atom is -0.497 e. The van der Waals surface area contributed by atoms with Crippen molar-refractivity contribution in [2.24, 2.45) is 0 Å². The van der Waals surface area contributed by atoms with Crippen LogP contribution in [0.3, 0.4) is 0 Å². The van der Waals surface area contributed by atoms with Crippen molar-refractivity contribution in [3.05, 3.63) is 83.9 Å². The van der Waals surface area contributed by atoms with E-state index in [2.05, 4.69) is 15.6 Å². The molecule has 156 valence electrons. The molecule has 7 heteroatoms. The van der Waals surface area contributed by atoms with E-state index in [1.165, 1.54) is 6.08 Å². The molecular weight excluding hydrogens is 408 g/mol. The van der Waals surface area contributed by atoms with Gasteiger partial charge in [0.15, 0.2) is 5.13 Å². The number of hydrogen-bond acceptors (Lipinski definition) is 6. The molecule has 0 fully saturated rings. The van der Waals surface area contributed by atoms with Crippen molar-refractivity contribution in [1.29, 1.82) is 0 Å². The van der Waals surface area contributed by atoms with Crippen molar-refractivity contribution < 1.29 is 9.53 Å². The summed E-state index contributed by atoms with van der Waals surface area (Å²) in [4.78, 5) is 16.7. The maximum atomic E-state index is 12.1. The van der Waals surface area contributed by atoms with Crippen molar-refractivity contribution in [3.63, 3.8) is 0 Å². The van der Waals surface area contributed by atoms with E-state index in [1.807, 2.05) is 54.6 Å². The number of rotatable bonds is 7. The predicted molar refractivity (Wildman–Crippen MR) is 128 cm³/mol. The van der Waals surface area contributed by atoms with Crippen LogP contribution >= 0.6 is 11.3 Å². The van der Waals surface area contributed by atoms with Gasteiger partial charge in [0, 0.05) is 18.7 Å². The van der Waals surface area contributed by atoms with Gasteiger partial charge >= 0.3 is 0 Å². The number of nitrogens with two attached hydrogens (primary N) is 1. The second-order valence-electron chi connectivity index (χ2n) is 6.86. The molecule has 0 aliphatic rings. The number of nitrogens with zero attached hydrogens (tertiary/aromatic N) is 1. The minimum atomic E-state index is -0.226. The average Bonchev–Trinajstić information content (AvgIpc) is 3.20. The van der Waals surface area contributed by atoms with Crippen LogP contribution in [0.15, 0.2) is 72.8 Å². The molecule has 4 N–H and O–H groups in total. The van der Waals surface area contributed by atoms with E-state index >= 15 is 0 Å². The molecule has 0 aliphatic heterocycles. The lowest BCUT2D eigenvalue weighted by Crippen LogP contribution is -2.09. The highest BCUT2D eigenvalue weighted by Crippen LogP contribution is 2.29. The molecule has 6 nitrogen and oxygen atoms in total. The van der Waals surface area contributed by atoms with Gasteiger partial charge in [-0.05, 0) is 41.5 Å². The number of anilines is 3. The van der Waals surface area contributed by atoms with Crippen molar-refractivity contribution in [2.45, 2.75) is 6.54 Å². The maximum absolute atomic E-state index is 12.1. The van der Waals surface area contributed by atoms with E-state index in [4.69, 9.17) is 10.5 Å². The van der Waals surface area contributed by atoms with Crippen molar-refractivity contribution in [1.82, 2.24) is 4.98 Å². The van der Waals surface area contributed by atoms with Crippen LogP contribution in [0.1, 0.15) is 11.1 Å². The fraction of sp³-hybridized carbons (Fsp3) is 0.0833. The summed E-state index contributed by atoms with van der Waals surface area (Å²) in [6, 6.07) is 21.0. The Balaban J connectivity index is 1.33. The van der Waals surface area contributed by atoms with Crippen LogP contribution < -0.4 is 21.1 Å². The Hall–Kier alpha value is -3.84. The Morgan fingerprint density at radius 2 is 1.94 bits per heavy atom. The standard InChI is InChI=1S/C24H22N4O2S/c1-30-18-11-12-22-21(14-18)28-24(31-22)26-15-17-8-6-16(7-9-17)10-13-23(29)27-20-5-3-2-4-19(20)25/h2-14H,15,25H2,1H3,(H,26,28)(H,27,29)/b13-10-. The second kappa shape index (κ2) is 9.32. The third kappa shape index (κ3) is 5.21. The molecule has 0 unspecified atom stereocenters. The number of nitrogen functional groups attached to an aromatic ring is 1. The molecule has 1 heterocycles. The molecule has 0 aliphatic carbocycles. The molecule has 0 saturated carbocycles. The maximum Gasteiger partial charge on any atom is 0.248 e. The molecule has 4 rings (SSSR count). The zero-order chi connectivity index (χ0) is 21.6. The van der Waals surface area contributed by atoms with Gasteiger partial charge in [0.05, 0.1) is 28.7 Å². The number of amides is 1. The zero-order valence-electron chi connectivity index (χ0n) is 17.0. The Bertz CT molecular complexity index is 1230. The number of thiazole rings is 1. The number of nitrogens with one attached hydrogen (secondary N) is 2. The summed E-state index contributed by atoms with van der Waals surface area (Å²) in [6.45, 7) is 0.661. The molecule has 0 saturated heterocycles. The predicted octanol–water partition coefficient (Wildman–Crippen LogP) is 5.15. The van der Waals surface area contributed by atoms with Crippen LogP contribution in [0.25, 0.3) is 16.3 Å². The number of carbonyl (C=O) groups excluding carboxylic acids is 1. The van der Waals surface area contributed by atoms with Crippen LogP contribution in [0.4, 0.5) is 16.5 Å². The van der Waals surface area contributed by atoms with Crippen LogP contribution in [0.5, 0.6) is 5.75 Å². The van der Waals surface area contributed by atoms with E-state index in [0.717, 1.165) is 32.2 Å². The van der Waals surface area contributed by atoms with Gasteiger partial charge < -0.3 is 21.1 Å². The van der Waals surface area contributed by atoms with Gasteiger partial charge in [-0.2, -0.15) is 0 Å². The van der Waals surface area contributed by atoms with Crippen LogP contribution in [-0.4, -0.2) is 18.0 Å². The van der Waals surface area contributed by atoms with Crippen molar-refractivity contribution >= 4 is 50.0 Å². The van der Waals surface area contributed by atoms with Crippen LogP contribution in [0.2, 0.25) is 0 Å². The summed E-state index contributed by atoms with van der Waals surface area (Å²) in [6.07, 6.45) is 3.27. The van der Waals surface area contributed by atoms with Gasteiger partial charge in [-0.3, -0.25) is 4.79 Å². The topological polar surface area (TPSA) is 89.3 Å². The van der Waals surface area contributed by atoms with E-state index < -0.39 is 0 Å².